The van der Waals surface area contributed by atoms with Gasteiger partial charge in [-0.25, -0.2) is 0 Å². The molecule has 1 aliphatic heterocycles. The van der Waals surface area contributed by atoms with E-state index in [2.05, 4.69) is 29.1 Å². The molecule has 6 nitrogen and oxygen atoms in total. The smallest absolute Gasteiger partial charge is 0.310 e. The van der Waals surface area contributed by atoms with Crippen molar-refractivity contribution in [1.82, 2.24) is 10.2 Å². The van der Waals surface area contributed by atoms with E-state index in [9.17, 15) is 4.79 Å². The summed E-state index contributed by atoms with van der Waals surface area (Å²) in [6, 6.07) is 0. The molecule has 0 radical (unpaired) electrons. The molecule has 0 aromatic carbocycles. The quantitative estimate of drug-likeness (QED) is 0.216. The zero-order valence-corrected chi connectivity index (χ0v) is 17.3. The van der Waals surface area contributed by atoms with E-state index in [0.717, 1.165) is 38.6 Å². The van der Waals surface area contributed by atoms with Gasteiger partial charge in [-0.1, -0.05) is 6.92 Å². The maximum Gasteiger partial charge on any atom is 0.310 e. The van der Waals surface area contributed by atoms with Gasteiger partial charge < -0.3 is 19.7 Å². The SMILES string of the molecule is CCNC(=NCCCOC(C)C)N1CC(C)C(C(=O)OC)C1.I. The minimum absolute atomic E-state index is 0. The molecule has 1 fully saturated rings. The molecule has 1 heterocycles. The fraction of sp³-hybridized carbons (Fsp3) is 0.875. The lowest BCUT2D eigenvalue weighted by atomic mass is 9.99. The number of rotatable bonds is 7. The van der Waals surface area contributed by atoms with Crippen molar-refractivity contribution in [3.63, 3.8) is 0 Å². The number of methoxy groups -OCH3 is 1. The van der Waals surface area contributed by atoms with Crippen molar-refractivity contribution in [1.29, 1.82) is 0 Å². The van der Waals surface area contributed by atoms with E-state index in [1.54, 1.807) is 0 Å². The number of aliphatic imine (C=N–C) groups is 1. The Labute approximate surface area is 157 Å². The van der Waals surface area contributed by atoms with Crippen LogP contribution in [0.2, 0.25) is 0 Å². The Hall–Kier alpha value is -0.570. The molecule has 2 unspecified atom stereocenters. The third-order valence-electron chi connectivity index (χ3n) is 3.77. The normalized spacial score (nSPS) is 21.3. The van der Waals surface area contributed by atoms with E-state index in [0.29, 0.717) is 6.54 Å². The number of ether oxygens (including phenoxy) is 2. The van der Waals surface area contributed by atoms with Crippen LogP contribution in [0.1, 0.15) is 34.1 Å². The summed E-state index contributed by atoms with van der Waals surface area (Å²) < 4.78 is 10.4. The van der Waals surface area contributed by atoms with E-state index >= 15 is 0 Å². The molecule has 1 saturated heterocycles. The van der Waals surface area contributed by atoms with Crippen LogP contribution in [0.5, 0.6) is 0 Å². The van der Waals surface area contributed by atoms with Crippen LogP contribution in [-0.2, 0) is 14.3 Å². The van der Waals surface area contributed by atoms with Crippen LogP contribution in [0.25, 0.3) is 0 Å². The zero-order valence-electron chi connectivity index (χ0n) is 15.0. The Kier molecular flexibility index (Phi) is 11.6. The molecule has 136 valence electrons. The van der Waals surface area contributed by atoms with Gasteiger partial charge in [-0.2, -0.15) is 0 Å². The third-order valence-corrected chi connectivity index (χ3v) is 3.77. The molecule has 0 saturated carbocycles. The predicted molar refractivity (Wildman–Crippen MR) is 103 cm³/mol. The van der Waals surface area contributed by atoms with Crippen molar-refractivity contribution >= 4 is 35.9 Å². The van der Waals surface area contributed by atoms with E-state index in [1.165, 1.54) is 7.11 Å². The number of guanidine groups is 1. The van der Waals surface area contributed by atoms with Crippen LogP contribution in [0.15, 0.2) is 4.99 Å². The van der Waals surface area contributed by atoms with Crippen LogP contribution in [-0.4, -0.2) is 62.8 Å². The summed E-state index contributed by atoms with van der Waals surface area (Å²) in [7, 11) is 1.45. The van der Waals surface area contributed by atoms with Crippen molar-refractivity contribution in [2.45, 2.75) is 40.2 Å². The van der Waals surface area contributed by atoms with Gasteiger partial charge in [0.1, 0.15) is 0 Å². The molecule has 0 aromatic heterocycles. The lowest BCUT2D eigenvalue weighted by Gasteiger charge is -2.21. The van der Waals surface area contributed by atoms with Gasteiger partial charge in [0.2, 0.25) is 0 Å². The third kappa shape index (κ3) is 7.69. The molecule has 1 aliphatic rings. The van der Waals surface area contributed by atoms with Crippen LogP contribution in [0, 0.1) is 11.8 Å². The molecular weight excluding hydrogens is 409 g/mol. The molecule has 23 heavy (non-hydrogen) atoms. The fourth-order valence-corrected chi connectivity index (χ4v) is 2.59. The molecule has 0 aromatic rings. The van der Waals surface area contributed by atoms with Crippen LogP contribution in [0.3, 0.4) is 0 Å². The second-order valence-corrected chi connectivity index (χ2v) is 6.02. The van der Waals surface area contributed by atoms with Crippen molar-refractivity contribution < 1.29 is 14.3 Å². The summed E-state index contributed by atoms with van der Waals surface area (Å²) in [4.78, 5) is 18.6. The first-order chi connectivity index (χ1) is 10.5. The first-order valence-corrected chi connectivity index (χ1v) is 8.22. The predicted octanol–water partition coefficient (Wildman–Crippen LogP) is 2.13. The highest BCUT2D eigenvalue weighted by Gasteiger charge is 2.36. The van der Waals surface area contributed by atoms with E-state index in [-0.39, 0.29) is 47.9 Å². The van der Waals surface area contributed by atoms with Crippen molar-refractivity contribution in [3.8, 4) is 0 Å². The number of esters is 1. The van der Waals surface area contributed by atoms with E-state index in [4.69, 9.17) is 9.47 Å². The maximum atomic E-state index is 11.8. The largest absolute Gasteiger partial charge is 0.469 e. The summed E-state index contributed by atoms with van der Waals surface area (Å²) in [6.07, 6.45) is 1.16. The monoisotopic (exact) mass is 441 g/mol. The molecule has 1 N–H and O–H groups in total. The van der Waals surface area contributed by atoms with Gasteiger partial charge in [-0.3, -0.25) is 9.79 Å². The highest BCUT2D eigenvalue weighted by Crippen LogP contribution is 2.24. The number of hydrogen-bond acceptors (Lipinski definition) is 4. The van der Waals surface area contributed by atoms with Gasteiger partial charge in [0, 0.05) is 32.8 Å². The van der Waals surface area contributed by atoms with E-state index in [1.807, 2.05) is 13.8 Å². The first-order valence-electron chi connectivity index (χ1n) is 8.22. The number of nitrogens with one attached hydrogen (secondary N) is 1. The topological polar surface area (TPSA) is 63.2 Å². The van der Waals surface area contributed by atoms with Crippen molar-refractivity contribution in [2.24, 2.45) is 16.8 Å². The molecule has 1 rings (SSSR count). The number of hydrogen-bond donors (Lipinski definition) is 1. The van der Waals surface area contributed by atoms with Gasteiger partial charge >= 0.3 is 5.97 Å². The number of carbonyl (C=O) groups is 1. The number of nitrogens with zero attached hydrogens (tertiary/aromatic N) is 2. The first kappa shape index (κ1) is 22.4. The molecule has 0 bridgehead atoms. The van der Waals surface area contributed by atoms with Gasteiger partial charge in [-0.15, -0.1) is 24.0 Å². The van der Waals surface area contributed by atoms with Gasteiger partial charge in [-0.05, 0) is 33.1 Å². The molecule has 7 heteroatoms. The van der Waals surface area contributed by atoms with Crippen molar-refractivity contribution in [3.05, 3.63) is 0 Å². The Morgan fingerprint density at radius 3 is 2.65 bits per heavy atom. The number of halogens is 1. The van der Waals surface area contributed by atoms with Crippen LogP contribution >= 0.6 is 24.0 Å². The lowest BCUT2D eigenvalue weighted by Crippen LogP contribution is -2.40. The summed E-state index contributed by atoms with van der Waals surface area (Å²) in [5.74, 6) is 0.959. The van der Waals surface area contributed by atoms with Gasteiger partial charge in [0.15, 0.2) is 5.96 Å². The zero-order chi connectivity index (χ0) is 16.5. The second-order valence-electron chi connectivity index (χ2n) is 6.02. The highest BCUT2D eigenvalue weighted by atomic mass is 127. The average Bonchev–Trinajstić information content (AvgIpc) is 2.86. The fourth-order valence-electron chi connectivity index (χ4n) is 2.59. The summed E-state index contributed by atoms with van der Waals surface area (Å²) in [5.41, 5.74) is 0. The Morgan fingerprint density at radius 2 is 2.09 bits per heavy atom. The molecule has 0 amide bonds. The standard InChI is InChI=1S/C16H31N3O3.HI/c1-6-17-16(18-8-7-9-22-12(2)3)19-10-13(4)14(11-19)15(20)21-5;/h12-14H,6-11H2,1-5H3,(H,17,18);1H. The highest BCUT2D eigenvalue weighted by molar-refractivity contribution is 14.0. The molecule has 0 aliphatic carbocycles. The summed E-state index contributed by atoms with van der Waals surface area (Å²) in [6.45, 7) is 12.0. The average molecular weight is 441 g/mol. The van der Waals surface area contributed by atoms with Gasteiger partial charge in [0.05, 0.1) is 19.1 Å². The van der Waals surface area contributed by atoms with Gasteiger partial charge in [0.25, 0.3) is 0 Å². The summed E-state index contributed by atoms with van der Waals surface area (Å²) >= 11 is 0. The number of carbonyl (C=O) groups excluding carboxylic acids is 1. The minimum atomic E-state index is -0.129. The van der Waals surface area contributed by atoms with Crippen LogP contribution in [0.4, 0.5) is 0 Å². The second kappa shape index (κ2) is 11.9. The lowest BCUT2D eigenvalue weighted by molar-refractivity contribution is -0.145. The molecule has 2 atom stereocenters. The summed E-state index contributed by atoms with van der Waals surface area (Å²) in [5, 5.41) is 3.31. The Bertz CT molecular complexity index is 378. The molecule has 0 spiro atoms. The maximum absolute atomic E-state index is 11.8. The Balaban J connectivity index is 0.00000484. The van der Waals surface area contributed by atoms with E-state index < -0.39 is 0 Å². The minimum Gasteiger partial charge on any atom is -0.469 e. The Morgan fingerprint density at radius 1 is 1.39 bits per heavy atom. The van der Waals surface area contributed by atoms with Crippen molar-refractivity contribution in [2.75, 3.05) is 39.9 Å². The van der Waals surface area contributed by atoms with Crippen LogP contribution < -0.4 is 5.32 Å². The molecular formula is C16H32IN3O3. The number of likely N-dealkylation sites (tertiary alicyclic amines) is 1.